The number of hydrogen-bond donors (Lipinski definition) is 1. The third-order valence-electron chi connectivity index (χ3n) is 4.61. The zero-order valence-electron chi connectivity index (χ0n) is 15.5. The van der Waals surface area contributed by atoms with Gasteiger partial charge in [-0.2, -0.15) is 0 Å². The molecule has 1 atom stereocenters. The molecule has 0 saturated carbocycles. The van der Waals surface area contributed by atoms with Crippen LogP contribution in [0.3, 0.4) is 0 Å². The standard InChI is InChI=1S/C21H25N3O2/c1-15-8-10-17(11-9-15)13-23(3)14-21(26)24-16(2)12-20(25)22-18-6-4-5-7-19(18)24/h4-11,16H,12-14H2,1-3H3,(H,22,25)/t16-/m1/s1. The Morgan fingerprint density at radius 3 is 2.62 bits per heavy atom. The molecule has 3 rings (SSSR count). The Labute approximate surface area is 154 Å². The second kappa shape index (κ2) is 7.70. The summed E-state index contributed by atoms with van der Waals surface area (Å²) in [6.07, 6.45) is 0.294. The molecule has 1 heterocycles. The van der Waals surface area contributed by atoms with Crippen LogP contribution < -0.4 is 10.2 Å². The van der Waals surface area contributed by atoms with Crippen molar-refractivity contribution in [1.29, 1.82) is 0 Å². The van der Waals surface area contributed by atoms with E-state index in [0.717, 1.165) is 5.69 Å². The first-order valence-corrected chi connectivity index (χ1v) is 8.89. The fourth-order valence-corrected chi connectivity index (χ4v) is 3.34. The zero-order valence-corrected chi connectivity index (χ0v) is 15.5. The van der Waals surface area contributed by atoms with Crippen LogP contribution in [0.5, 0.6) is 0 Å². The van der Waals surface area contributed by atoms with Gasteiger partial charge in [-0.25, -0.2) is 0 Å². The second-order valence-electron chi connectivity index (χ2n) is 7.04. The van der Waals surface area contributed by atoms with E-state index in [2.05, 4.69) is 36.5 Å². The number of carbonyl (C=O) groups is 2. The third-order valence-corrected chi connectivity index (χ3v) is 4.61. The Hall–Kier alpha value is -2.66. The zero-order chi connectivity index (χ0) is 18.7. The minimum Gasteiger partial charge on any atom is -0.324 e. The summed E-state index contributed by atoms with van der Waals surface area (Å²) < 4.78 is 0. The summed E-state index contributed by atoms with van der Waals surface area (Å²) in [5.74, 6) is -0.0654. The fraction of sp³-hybridized carbons (Fsp3) is 0.333. The highest BCUT2D eigenvalue weighted by Gasteiger charge is 2.29. The smallest absolute Gasteiger partial charge is 0.241 e. The number of amides is 2. The molecule has 2 aromatic rings. The lowest BCUT2D eigenvalue weighted by Gasteiger charge is -2.29. The maximum Gasteiger partial charge on any atom is 0.241 e. The quantitative estimate of drug-likeness (QED) is 0.920. The molecule has 0 saturated heterocycles. The average molecular weight is 351 g/mol. The highest BCUT2D eigenvalue weighted by Crippen LogP contribution is 2.31. The minimum absolute atomic E-state index is 0.00365. The van der Waals surface area contributed by atoms with Crippen molar-refractivity contribution >= 4 is 23.2 Å². The third kappa shape index (κ3) is 4.11. The number of aryl methyl sites for hydroxylation is 1. The van der Waals surface area contributed by atoms with E-state index < -0.39 is 0 Å². The van der Waals surface area contributed by atoms with E-state index in [1.807, 2.05) is 43.1 Å². The van der Waals surface area contributed by atoms with Crippen molar-refractivity contribution in [1.82, 2.24) is 4.90 Å². The Kier molecular flexibility index (Phi) is 5.38. The molecule has 0 aliphatic carbocycles. The number of benzene rings is 2. The summed E-state index contributed by atoms with van der Waals surface area (Å²) in [6, 6.07) is 15.6. The lowest BCUT2D eigenvalue weighted by atomic mass is 10.1. The monoisotopic (exact) mass is 351 g/mol. The first kappa shape index (κ1) is 18.1. The number of likely N-dealkylation sites (N-methyl/N-ethyl adjacent to an activating group) is 1. The fourth-order valence-electron chi connectivity index (χ4n) is 3.34. The van der Waals surface area contributed by atoms with Gasteiger partial charge in [0.25, 0.3) is 0 Å². The summed E-state index contributed by atoms with van der Waals surface area (Å²) in [4.78, 5) is 28.8. The van der Waals surface area contributed by atoms with E-state index in [-0.39, 0.29) is 17.9 Å². The van der Waals surface area contributed by atoms with Gasteiger partial charge in [-0.3, -0.25) is 14.5 Å². The number of nitrogens with zero attached hydrogens (tertiary/aromatic N) is 2. The molecule has 0 aromatic heterocycles. The molecule has 0 bridgehead atoms. The van der Waals surface area contributed by atoms with Gasteiger partial charge >= 0.3 is 0 Å². The highest BCUT2D eigenvalue weighted by molar-refractivity contribution is 6.04. The van der Waals surface area contributed by atoms with Gasteiger partial charge < -0.3 is 10.2 Å². The predicted octanol–water partition coefficient (Wildman–Crippen LogP) is 3.19. The van der Waals surface area contributed by atoms with E-state index in [1.165, 1.54) is 11.1 Å². The Morgan fingerprint density at radius 1 is 1.19 bits per heavy atom. The number of fused-ring (bicyclic) bond motifs is 1. The highest BCUT2D eigenvalue weighted by atomic mass is 16.2. The Balaban J connectivity index is 1.75. The lowest BCUT2D eigenvalue weighted by Crippen LogP contribution is -2.44. The molecular formula is C21H25N3O2. The molecule has 1 aliphatic rings. The molecule has 0 unspecified atom stereocenters. The van der Waals surface area contributed by atoms with Crippen LogP contribution >= 0.6 is 0 Å². The van der Waals surface area contributed by atoms with Crippen LogP contribution in [0.25, 0.3) is 0 Å². The maximum atomic E-state index is 13.0. The van der Waals surface area contributed by atoms with Crippen LogP contribution in [0.1, 0.15) is 24.5 Å². The summed E-state index contributed by atoms with van der Waals surface area (Å²) in [5, 5.41) is 2.89. The van der Waals surface area contributed by atoms with Crippen LogP contribution in [-0.2, 0) is 16.1 Å². The maximum absolute atomic E-state index is 13.0. The number of nitrogens with one attached hydrogen (secondary N) is 1. The van der Waals surface area contributed by atoms with Gasteiger partial charge in [-0.15, -0.1) is 0 Å². The van der Waals surface area contributed by atoms with Crippen LogP contribution in [0.15, 0.2) is 48.5 Å². The number of para-hydroxylation sites is 2. The number of carbonyl (C=O) groups excluding carboxylic acids is 2. The number of hydrogen-bond acceptors (Lipinski definition) is 3. The summed E-state index contributed by atoms with van der Waals surface area (Å²) in [5.41, 5.74) is 3.85. The van der Waals surface area contributed by atoms with Gasteiger partial charge in [0.2, 0.25) is 11.8 Å². The van der Waals surface area contributed by atoms with E-state index in [4.69, 9.17) is 0 Å². The molecule has 0 spiro atoms. The topological polar surface area (TPSA) is 52.7 Å². The van der Waals surface area contributed by atoms with Crippen molar-refractivity contribution in [2.75, 3.05) is 23.8 Å². The average Bonchev–Trinajstić information content (AvgIpc) is 2.71. The van der Waals surface area contributed by atoms with Gasteiger partial charge in [0.1, 0.15) is 0 Å². The van der Waals surface area contributed by atoms with Gasteiger partial charge in [0.05, 0.1) is 17.9 Å². The normalized spacial score (nSPS) is 16.8. The van der Waals surface area contributed by atoms with Crippen molar-refractivity contribution < 1.29 is 9.59 Å². The largest absolute Gasteiger partial charge is 0.324 e. The van der Waals surface area contributed by atoms with E-state index in [1.54, 1.807) is 4.90 Å². The lowest BCUT2D eigenvalue weighted by molar-refractivity contribution is -0.120. The van der Waals surface area contributed by atoms with E-state index in [0.29, 0.717) is 25.2 Å². The van der Waals surface area contributed by atoms with Crippen molar-refractivity contribution in [3.8, 4) is 0 Å². The molecule has 5 heteroatoms. The second-order valence-corrected chi connectivity index (χ2v) is 7.04. The van der Waals surface area contributed by atoms with Crippen LogP contribution in [-0.4, -0.2) is 36.3 Å². The molecule has 0 radical (unpaired) electrons. The molecule has 136 valence electrons. The SMILES string of the molecule is Cc1ccc(CN(C)CC(=O)N2c3ccccc3NC(=O)C[C@H]2C)cc1. The number of anilines is 2. The minimum atomic E-state index is -0.182. The number of rotatable bonds is 4. The first-order chi connectivity index (χ1) is 12.4. The van der Waals surface area contributed by atoms with Crippen LogP contribution in [0, 0.1) is 6.92 Å². The van der Waals surface area contributed by atoms with Crippen LogP contribution in [0.2, 0.25) is 0 Å². The summed E-state index contributed by atoms with van der Waals surface area (Å²) in [7, 11) is 1.94. The molecular weight excluding hydrogens is 326 g/mol. The molecule has 0 fully saturated rings. The Bertz CT molecular complexity index is 801. The van der Waals surface area contributed by atoms with Gasteiger partial charge in [-0.05, 0) is 38.6 Å². The predicted molar refractivity (Wildman–Crippen MR) is 104 cm³/mol. The van der Waals surface area contributed by atoms with E-state index in [9.17, 15) is 9.59 Å². The molecule has 2 aromatic carbocycles. The van der Waals surface area contributed by atoms with Crippen LogP contribution in [0.4, 0.5) is 11.4 Å². The molecule has 1 N–H and O–H groups in total. The van der Waals surface area contributed by atoms with E-state index >= 15 is 0 Å². The summed E-state index contributed by atoms with van der Waals surface area (Å²) in [6.45, 7) is 4.97. The van der Waals surface area contributed by atoms with Gasteiger partial charge in [-0.1, -0.05) is 42.0 Å². The molecule has 1 aliphatic heterocycles. The Morgan fingerprint density at radius 2 is 1.88 bits per heavy atom. The summed E-state index contributed by atoms with van der Waals surface area (Å²) >= 11 is 0. The van der Waals surface area contributed by atoms with Crippen molar-refractivity contribution in [3.63, 3.8) is 0 Å². The molecule has 2 amide bonds. The first-order valence-electron chi connectivity index (χ1n) is 8.89. The van der Waals surface area contributed by atoms with Crippen molar-refractivity contribution in [3.05, 3.63) is 59.7 Å². The van der Waals surface area contributed by atoms with Gasteiger partial charge in [0, 0.05) is 19.0 Å². The van der Waals surface area contributed by atoms with Gasteiger partial charge in [0.15, 0.2) is 0 Å². The van der Waals surface area contributed by atoms with Crippen molar-refractivity contribution in [2.24, 2.45) is 0 Å². The molecule has 26 heavy (non-hydrogen) atoms. The molecule has 5 nitrogen and oxygen atoms in total. The van der Waals surface area contributed by atoms with Crippen molar-refractivity contribution in [2.45, 2.75) is 32.9 Å².